The van der Waals surface area contributed by atoms with Crippen molar-refractivity contribution in [1.82, 2.24) is 4.58 Å². The number of carbonyl (C=O) groups excluding carboxylic acids is 4. The van der Waals surface area contributed by atoms with E-state index in [2.05, 4.69) is 23.4 Å². The van der Waals surface area contributed by atoms with Gasteiger partial charge in [-0.25, -0.2) is 28.7 Å². The highest BCUT2D eigenvalue weighted by Crippen LogP contribution is 2.43. The maximum Gasteiger partial charge on any atom is 0.338 e. The lowest BCUT2D eigenvalue weighted by Crippen LogP contribution is -2.75. The van der Waals surface area contributed by atoms with Crippen LogP contribution >= 0.6 is 21.6 Å². The Hall–Kier alpha value is -7.16. The highest BCUT2D eigenvalue weighted by molar-refractivity contribution is 8.76. The Balaban J connectivity index is 0.948. The van der Waals surface area contributed by atoms with Gasteiger partial charge in [-0.2, -0.15) is 0 Å². The number of ether oxygens (including phenoxy) is 4. The summed E-state index contributed by atoms with van der Waals surface area (Å²) in [6.45, 7) is 12.9. The molecule has 0 aromatic heterocycles. The summed E-state index contributed by atoms with van der Waals surface area (Å²) in [5, 5.41) is 3.21. The predicted molar refractivity (Wildman–Crippen MR) is 275 cm³/mol. The summed E-state index contributed by atoms with van der Waals surface area (Å²) >= 11 is 0. The van der Waals surface area contributed by atoms with Crippen LogP contribution in [0.5, 0.6) is 0 Å². The van der Waals surface area contributed by atoms with Gasteiger partial charge in [0.25, 0.3) is 0 Å². The second-order valence-electron chi connectivity index (χ2n) is 15.9. The van der Waals surface area contributed by atoms with E-state index in [1.54, 1.807) is 74.5 Å². The molecule has 0 unspecified atom stereocenters. The van der Waals surface area contributed by atoms with Crippen LogP contribution in [0.3, 0.4) is 0 Å². The van der Waals surface area contributed by atoms with Crippen LogP contribution in [0.2, 0.25) is 0 Å². The monoisotopic (exact) mass is 978 g/mol. The number of carbonyl (C=O) groups is 4. The van der Waals surface area contributed by atoms with E-state index in [0.717, 1.165) is 52.6 Å². The smallest absolute Gasteiger partial charge is 0.338 e. The molecule has 0 fully saturated rings. The summed E-state index contributed by atoms with van der Waals surface area (Å²) in [6.07, 6.45) is 0. The van der Waals surface area contributed by atoms with E-state index in [1.807, 2.05) is 67.6 Å². The molecule has 14 heteroatoms. The van der Waals surface area contributed by atoms with Crippen molar-refractivity contribution in [3.8, 4) is 44.9 Å². The quantitative estimate of drug-likeness (QED) is 0.0218. The van der Waals surface area contributed by atoms with Crippen molar-refractivity contribution >= 4 is 67.4 Å². The maximum absolute atomic E-state index is 13.9. The van der Waals surface area contributed by atoms with Gasteiger partial charge < -0.3 is 27.8 Å². The first-order valence-corrected chi connectivity index (χ1v) is 25.9. The van der Waals surface area contributed by atoms with Crippen molar-refractivity contribution in [2.24, 2.45) is 0 Å². The summed E-state index contributed by atoms with van der Waals surface area (Å²) in [5.41, 5.74) is 6.87. The summed E-state index contributed by atoms with van der Waals surface area (Å²) in [5.74, 6) is 0.354. The average Bonchev–Trinajstić information content (AvgIpc) is 3.38. The third-order valence-electron chi connectivity index (χ3n) is 11.7. The molecule has 0 bridgehead atoms. The molecule has 4 aromatic rings. The molecule has 0 atom stereocenters. The SMILES string of the molecule is CC[NH+]=c1ccc2c(-c3ccccc3C(=O)OCCSSCCOC(=O)c3ccccc3-c3c4ccc(=[N+](CC)CC)cc-4oc4ccc(C(=O)OCC)cc34)c3cc(C(=O)OCC)ccc3oc-2c1. The fourth-order valence-corrected chi connectivity index (χ4v) is 10.2. The lowest BCUT2D eigenvalue weighted by Gasteiger charge is -2.18. The van der Waals surface area contributed by atoms with Gasteiger partial charge in [0, 0.05) is 56.7 Å². The molecule has 2 aliphatic heterocycles. The molecule has 8 rings (SSSR count). The van der Waals surface area contributed by atoms with Crippen LogP contribution < -0.4 is 20.3 Å². The van der Waals surface area contributed by atoms with Crippen LogP contribution in [0.25, 0.3) is 66.8 Å². The van der Waals surface area contributed by atoms with Crippen LogP contribution in [0.4, 0.5) is 0 Å². The van der Waals surface area contributed by atoms with E-state index in [9.17, 15) is 19.2 Å². The molecule has 4 aromatic carbocycles. The van der Waals surface area contributed by atoms with Crippen LogP contribution in [-0.2, 0) is 18.9 Å². The molecule has 70 heavy (non-hydrogen) atoms. The largest absolute Gasteiger partial charge is 0.462 e. The van der Waals surface area contributed by atoms with Gasteiger partial charge in [-0.3, -0.25) is 0 Å². The summed E-state index contributed by atoms with van der Waals surface area (Å²) in [6, 6.07) is 36.8. The average molecular weight is 979 g/mol. The first-order chi connectivity index (χ1) is 34.2. The molecule has 0 saturated heterocycles. The van der Waals surface area contributed by atoms with Crippen molar-refractivity contribution in [1.29, 1.82) is 0 Å². The van der Waals surface area contributed by atoms with Crippen molar-refractivity contribution in [2.75, 3.05) is 57.6 Å². The molecule has 12 nitrogen and oxygen atoms in total. The summed E-state index contributed by atoms with van der Waals surface area (Å²) in [4.78, 5) is 56.8. The molecule has 0 spiro atoms. The first-order valence-electron chi connectivity index (χ1n) is 23.5. The third-order valence-corrected chi connectivity index (χ3v) is 14.0. The fourth-order valence-electron chi connectivity index (χ4n) is 8.50. The van der Waals surface area contributed by atoms with Crippen molar-refractivity contribution in [2.45, 2.75) is 34.6 Å². The number of benzene rings is 6. The highest BCUT2D eigenvalue weighted by Gasteiger charge is 2.26. The van der Waals surface area contributed by atoms with Gasteiger partial charge in [-0.05, 0) is 106 Å². The number of fused-ring (bicyclic) bond motifs is 4. The Bertz CT molecular complexity index is 3310. The Morgan fingerprint density at radius 3 is 1.49 bits per heavy atom. The zero-order valence-electron chi connectivity index (χ0n) is 39.8. The van der Waals surface area contributed by atoms with Gasteiger partial charge >= 0.3 is 23.9 Å². The molecule has 1 N–H and O–H groups in total. The van der Waals surface area contributed by atoms with Crippen LogP contribution in [-0.4, -0.2) is 81.4 Å². The molecule has 2 aliphatic carbocycles. The number of hydrogen-bond donors (Lipinski definition) is 1. The maximum atomic E-state index is 13.9. The van der Waals surface area contributed by atoms with E-state index in [0.29, 0.717) is 78.3 Å². The third kappa shape index (κ3) is 10.7. The van der Waals surface area contributed by atoms with Crippen molar-refractivity contribution in [3.05, 3.63) is 154 Å². The van der Waals surface area contributed by atoms with Gasteiger partial charge in [-0.1, -0.05) is 58.0 Å². The Labute approximate surface area is 413 Å². The lowest BCUT2D eigenvalue weighted by atomic mass is 9.90. The van der Waals surface area contributed by atoms with Crippen LogP contribution in [0.1, 0.15) is 76.1 Å². The van der Waals surface area contributed by atoms with Crippen LogP contribution in [0.15, 0.2) is 130 Å². The minimum atomic E-state index is -0.490. The minimum Gasteiger partial charge on any atom is -0.462 e. The molecule has 0 radical (unpaired) electrons. The molecular formula is C56H54N2O10S2+2. The standard InChI is InChI=1S/C56H53N2O10S2/c1-6-57-37-21-23-43-49(33-37)67-47-25-19-35(53(59)63-9-4)31-45(47)51(43)39-15-11-13-17-41(39)55(61)65-27-29-69-70-30-28-66-56(62)42-18-14-12-16-40(42)52-44-24-22-38(58(7-2)8-3)34-50(44)68-48-26-20-36(32-46(48)52)54(60)64-10-5/h11-26,31-34H,6-10,27-30H2,1-5H3/q+1/p+1. The number of esters is 4. The Kier molecular flexibility index (Phi) is 16.2. The normalized spacial score (nSPS) is 11.6. The van der Waals surface area contributed by atoms with Gasteiger partial charge in [0.15, 0.2) is 0 Å². The second-order valence-corrected chi connectivity index (χ2v) is 18.6. The van der Waals surface area contributed by atoms with Gasteiger partial charge in [-0.15, -0.1) is 0 Å². The highest BCUT2D eigenvalue weighted by atomic mass is 33.1. The van der Waals surface area contributed by atoms with E-state index in [4.69, 9.17) is 27.8 Å². The van der Waals surface area contributed by atoms with E-state index >= 15 is 0 Å². The lowest BCUT2D eigenvalue weighted by molar-refractivity contribution is -0.496. The molecule has 2 heterocycles. The van der Waals surface area contributed by atoms with Crippen molar-refractivity contribution < 1.29 is 52.0 Å². The number of nitrogens with one attached hydrogen (secondary N) is 1. The molecule has 4 aliphatic rings. The van der Waals surface area contributed by atoms with Gasteiger partial charge in [0.2, 0.25) is 10.7 Å². The molecular weight excluding hydrogens is 925 g/mol. The van der Waals surface area contributed by atoms with Crippen LogP contribution in [0, 0.1) is 0 Å². The van der Waals surface area contributed by atoms with Gasteiger partial charge in [0.1, 0.15) is 55.5 Å². The molecule has 0 amide bonds. The van der Waals surface area contributed by atoms with Gasteiger partial charge in [0.05, 0.1) is 47.6 Å². The molecule has 358 valence electrons. The predicted octanol–water partition coefficient (Wildman–Crippen LogP) is 9.28. The number of rotatable bonds is 18. The van der Waals surface area contributed by atoms with E-state index < -0.39 is 23.9 Å². The van der Waals surface area contributed by atoms with E-state index in [1.165, 1.54) is 21.6 Å². The Morgan fingerprint density at radius 1 is 0.514 bits per heavy atom. The molecule has 0 saturated carbocycles. The van der Waals surface area contributed by atoms with E-state index in [-0.39, 0.29) is 26.4 Å². The summed E-state index contributed by atoms with van der Waals surface area (Å²) in [7, 11) is 3.01. The zero-order valence-corrected chi connectivity index (χ0v) is 41.4. The minimum absolute atomic E-state index is 0.141. The fraction of sp³-hybridized carbons (Fsp3) is 0.250. The summed E-state index contributed by atoms with van der Waals surface area (Å²) < 4.78 is 37.4. The second kappa shape index (κ2) is 23.0. The topological polar surface area (TPSA) is 148 Å². The first kappa shape index (κ1) is 49.3. The number of hydrogen-bond acceptors (Lipinski definition) is 12. The van der Waals surface area contributed by atoms with Crippen molar-refractivity contribution in [3.63, 3.8) is 0 Å². The zero-order chi connectivity index (χ0) is 49.1. The Morgan fingerprint density at radius 2 is 1.00 bits per heavy atom. The number of nitrogens with zero attached hydrogens (tertiary/aromatic N) is 1.